The Labute approximate surface area is 191 Å². The van der Waals surface area contributed by atoms with Gasteiger partial charge in [0.2, 0.25) is 11.8 Å². The summed E-state index contributed by atoms with van der Waals surface area (Å²) in [4.78, 5) is 46.2. The van der Waals surface area contributed by atoms with Crippen molar-refractivity contribution in [1.82, 2.24) is 19.6 Å². The van der Waals surface area contributed by atoms with Gasteiger partial charge in [-0.2, -0.15) is 0 Å². The number of amides is 3. The number of aryl methyl sites for hydroxylation is 1. The van der Waals surface area contributed by atoms with Crippen molar-refractivity contribution in [2.45, 2.75) is 45.6 Å². The predicted molar refractivity (Wildman–Crippen MR) is 123 cm³/mol. The Morgan fingerprint density at radius 1 is 0.781 bits per heavy atom. The SMILES string of the molecule is CC(=O)N1CCN(C(=O)C(C2CCCC2)N2CCN(C(=O)c3ccc(C)cc3)CC2)CC1. The van der Waals surface area contributed by atoms with Gasteiger partial charge in [0.05, 0.1) is 6.04 Å². The molecule has 7 heteroatoms. The Balaban J connectivity index is 1.40. The largest absolute Gasteiger partial charge is 0.339 e. The van der Waals surface area contributed by atoms with Crippen molar-refractivity contribution in [2.24, 2.45) is 5.92 Å². The van der Waals surface area contributed by atoms with Gasteiger partial charge < -0.3 is 14.7 Å². The molecule has 1 aromatic rings. The summed E-state index contributed by atoms with van der Waals surface area (Å²) >= 11 is 0. The van der Waals surface area contributed by atoms with Crippen LogP contribution >= 0.6 is 0 Å². The van der Waals surface area contributed by atoms with Crippen LogP contribution in [-0.4, -0.2) is 95.7 Å². The van der Waals surface area contributed by atoms with E-state index >= 15 is 0 Å². The summed E-state index contributed by atoms with van der Waals surface area (Å²) in [6.07, 6.45) is 4.59. The van der Waals surface area contributed by atoms with E-state index in [-0.39, 0.29) is 23.8 Å². The second kappa shape index (κ2) is 10.0. The molecule has 2 aliphatic heterocycles. The Hall–Kier alpha value is -2.41. The molecule has 0 N–H and O–H groups in total. The van der Waals surface area contributed by atoms with Crippen LogP contribution in [0.4, 0.5) is 0 Å². The van der Waals surface area contributed by atoms with Crippen LogP contribution in [0, 0.1) is 12.8 Å². The lowest BCUT2D eigenvalue weighted by Gasteiger charge is -2.44. The minimum Gasteiger partial charge on any atom is -0.339 e. The average molecular weight is 441 g/mol. The van der Waals surface area contributed by atoms with Crippen LogP contribution in [0.5, 0.6) is 0 Å². The van der Waals surface area contributed by atoms with Crippen molar-refractivity contribution in [3.63, 3.8) is 0 Å². The molecule has 3 aliphatic rings. The molecule has 3 fully saturated rings. The molecule has 1 saturated carbocycles. The third kappa shape index (κ3) is 4.98. The lowest BCUT2D eigenvalue weighted by Crippen LogP contribution is -2.60. The summed E-state index contributed by atoms with van der Waals surface area (Å²) < 4.78 is 0. The molecule has 2 saturated heterocycles. The first-order chi connectivity index (χ1) is 15.4. The summed E-state index contributed by atoms with van der Waals surface area (Å²) in [6, 6.07) is 7.65. The summed E-state index contributed by atoms with van der Waals surface area (Å²) in [5, 5.41) is 0. The number of hydrogen-bond acceptors (Lipinski definition) is 4. The molecule has 1 unspecified atom stereocenters. The molecule has 1 atom stereocenters. The number of carbonyl (C=O) groups excluding carboxylic acids is 3. The number of nitrogens with zero attached hydrogens (tertiary/aromatic N) is 4. The van der Waals surface area contributed by atoms with Crippen LogP contribution in [0.2, 0.25) is 0 Å². The zero-order chi connectivity index (χ0) is 22.7. The molecule has 174 valence electrons. The molecule has 0 aromatic heterocycles. The van der Waals surface area contributed by atoms with E-state index in [1.807, 2.05) is 45.9 Å². The summed E-state index contributed by atoms with van der Waals surface area (Å²) in [7, 11) is 0. The third-order valence-corrected chi connectivity index (χ3v) is 7.43. The monoisotopic (exact) mass is 440 g/mol. The van der Waals surface area contributed by atoms with E-state index in [2.05, 4.69) is 4.90 Å². The first-order valence-electron chi connectivity index (χ1n) is 12.1. The lowest BCUT2D eigenvalue weighted by molar-refractivity contribution is -0.144. The zero-order valence-electron chi connectivity index (χ0n) is 19.5. The van der Waals surface area contributed by atoms with Crippen LogP contribution in [-0.2, 0) is 9.59 Å². The second-order valence-corrected chi connectivity index (χ2v) is 9.51. The molecule has 0 spiro atoms. The average Bonchev–Trinajstić information content (AvgIpc) is 3.34. The van der Waals surface area contributed by atoms with Gasteiger partial charge in [-0.15, -0.1) is 0 Å². The van der Waals surface area contributed by atoms with E-state index < -0.39 is 0 Å². The summed E-state index contributed by atoms with van der Waals surface area (Å²) in [6.45, 7) is 8.87. The maximum absolute atomic E-state index is 13.6. The summed E-state index contributed by atoms with van der Waals surface area (Å²) in [5.74, 6) is 0.777. The van der Waals surface area contributed by atoms with Crippen molar-refractivity contribution < 1.29 is 14.4 Å². The molecule has 1 aliphatic carbocycles. The molecule has 4 rings (SSSR count). The molecule has 1 aromatic carbocycles. The van der Waals surface area contributed by atoms with Crippen LogP contribution in [0.15, 0.2) is 24.3 Å². The Morgan fingerprint density at radius 2 is 1.31 bits per heavy atom. The van der Waals surface area contributed by atoms with Gasteiger partial charge in [-0.1, -0.05) is 30.5 Å². The summed E-state index contributed by atoms with van der Waals surface area (Å²) in [5.41, 5.74) is 1.88. The van der Waals surface area contributed by atoms with E-state index in [0.717, 1.165) is 37.1 Å². The molecule has 2 heterocycles. The second-order valence-electron chi connectivity index (χ2n) is 9.51. The van der Waals surface area contributed by atoms with Gasteiger partial charge in [0.1, 0.15) is 0 Å². The molecule has 0 radical (unpaired) electrons. The van der Waals surface area contributed by atoms with Crippen molar-refractivity contribution in [3.8, 4) is 0 Å². The number of rotatable bonds is 4. The van der Waals surface area contributed by atoms with Crippen molar-refractivity contribution in [3.05, 3.63) is 35.4 Å². The van der Waals surface area contributed by atoms with Crippen LogP contribution in [0.25, 0.3) is 0 Å². The highest BCUT2D eigenvalue weighted by Gasteiger charge is 2.40. The fraction of sp³-hybridized carbons (Fsp3) is 0.640. The number of carbonyl (C=O) groups is 3. The van der Waals surface area contributed by atoms with Crippen molar-refractivity contribution in [1.29, 1.82) is 0 Å². The van der Waals surface area contributed by atoms with Gasteiger partial charge in [0.25, 0.3) is 5.91 Å². The predicted octanol–water partition coefficient (Wildman–Crippen LogP) is 2.00. The number of piperazine rings is 2. The topological polar surface area (TPSA) is 64.2 Å². The highest BCUT2D eigenvalue weighted by Crippen LogP contribution is 2.32. The Morgan fingerprint density at radius 3 is 1.88 bits per heavy atom. The first-order valence-corrected chi connectivity index (χ1v) is 12.1. The third-order valence-electron chi connectivity index (χ3n) is 7.43. The Kier molecular flexibility index (Phi) is 7.13. The molecule has 0 bridgehead atoms. The first kappa shape index (κ1) is 22.8. The maximum atomic E-state index is 13.6. The molecule has 32 heavy (non-hydrogen) atoms. The molecule has 7 nitrogen and oxygen atoms in total. The van der Waals surface area contributed by atoms with Gasteiger partial charge in [-0.25, -0.2) is 0 Å². The number of hydrogen-bond donors (Lipinski definition) is 0. The molecular formula is C25H36N4O3. The normalized spacial score (nSPS) is 21.6. The number of benzene rings is 1. The van der Waals surface area contributed by atoms with Crippen LogP contribution < -0.4 is 0 Å². The van der Waals surface area contributed by atoms with Crippen LogP contribution in [0.3, 0.4) is 0 Å². The van der Waals surface area contributed by atoms with Crippen molar-refractivity contribution >= 4 is 17.7 Å². The minimum atomic E-state index is -0.0991. The van der Waals surface area contributed by atoms with Gasteiger partial charge in [-0.3, -0.25) is 19.3 Å². The Bertz CT molecular complexity index is 818. The van der Waals surface area contributed by atoms with E-state index in [0.29, 0.717) is 45.2 Å². The van der Waals surface area contributed by atoms with E-state index in [1.165, 1.54) is 12.8 Å². The fourth-order valence-corrected chi connectivity index (χ4v) is 5.44. The van der Waals surface area contributed by atoms with E-state index in [1.54, 1.807) is 6.92 Å². The quantitative estimate of drug-likeness (QED) is 0.719. The van der Waals surface area contributed by atoms with Gasteiger partial charge in [-0.05, 0) is 37.8 Å². The molecule has 3 amide bonds. The highest BCUT2D eigenvalue weighted by molar-refractivity contribution is 5.94. The molecular weight excluding hydrogens is 404 g/mol. The van der Waals surface area contributed by atoms with E-state index in [4.69, 9.17) is 0 Å². The standard InChI is InChI=1S/C25H36N4O3/c1-19-7-9-22(10-8-19)24(31)28-17-13-27(14-18-28)23(21-5-3-4-6-21)25(32)29-15-11-26(12-16-29)20(2)30/h7-10,21,23H,3-6,11-18H2,1-2H3. The smallest absolute Gasteiger partial charge is 0.253 e. The zero-order valence-corrected chi connectivity index (χ0v) is 19.5. The highest BCUT2D eigenvalue weighted by atomic mass is 16.2. The van der Waals surface area contributed by atoms with Gasteiger partial charge in [0.15, 0.2) is 0 Å². The minimum absolute atomic E-state index is 0.0775. The fourth-order valence-electron chi connectivity index (χ4n) is 5.44. The van der Waals surface area contributed by atoms with E-state index in [9.17, 15) is 14.4 Å². The van der Waals surface area contributed by atoms with Crippen molar-refractivity contribution in [2.75, 3.05) is 52.4 Å². The van der Waals surface area contributed by atoms with Crippen LogP contribution in [0.1, 0.15) is 48.5 Å². The lowest BCUT2D eigenvalue weighted by atomic mass is 9.94. The maximum Gasteiger partial charge on any atom is 0.253 e. The van der Waals surface area contributed by atoms with Gasteiger partial charge in [0, 0.05) is 64.8 Å². The van der Waals surface area contributed by atoms with Gasteiger partial charge >= 0.3 is 0 Å².